The van der Waals surface area contributed by atoms with E-state index in [4.69, 9.17) is 9.47 Å². The normalized spacial score (nSPS) is 11.3. The molecular formula is C32H32N2O4. The zero-order chi connectivity index (χ0) is 26.6. The predicted molar refractivity (Wildman–Crippen MR) is 148 cm³/mol. The van der Waals surface area contributed by atoms with Gasteiger partial charge in [-0.1, -0.05) is 91.0 Å². The maximum Gasteiger partial charge on any atom is 0.261 e. The second-order valence-corrected chi connectivity index (χ2v) is 8.81. The first-order valence-electron chi connectivity index (χ1n) is 12.6. The van der Waals surface area contributed by atoms with Crippen molar-refractivity contribution in [2.75, 3.05) is 20.3 Å². The molecule has 0 spiro atoms. The van der Waals surface area contributed by atoms with Crippen LogP contribution in [0.2, 0.25) is 0 Å². The van der Waals surface area contributed by atoms with Crippen molar-refractivity contribution >= 4 is 11.8 Å². The quantitative estimate of drug-likeness (QED) is 0.286. The maximum atomic E-state index is 13.7. The molecule has 0 fully saturated rings. The van der Waals surface area contributed by atoms with Gasteiger partial charge in [-0.3, -0.25) is 9.59 Å². The lowest BCUT2D eigenvalue weighted by molar-refractivity contribution is -0.143. The number of hydrogen-bond acceptors (Lipinski definition) is 4. The Bertz CT molecular complexity index is 1280. The van der Waals surface area contributed by atoms with Crippen molar-refractivity contribution in [2.24, 2.45) is 0 Å². The molecule has 0 saturated carbocycles. The van der Waals surface area contributed by atoms with E-state index >= 15 is 0 Å². The second-order valence-electron chi connectivity index (χ2n) is 8.81. The van der Waals surface area contributed by atoms with Crippen LogP contribution in [0.4, 0.5) is 0 Å². The van der Waals surface area contributed by atoms with Gasteiger partial charge in [0.25, 0.3) is 5.91 Å². The summed E-state index contributed by atoms with van der Waals surface area (Å²) < 4.78 is 11.0. The highest BCUT2D eigenvalue weighted by Crippen LogP contribution is 2.24. The largest absolute Gasteiger partial charge is 0.497 e. The van der Waals surface area contributed by atoms with Crippen molar-refractivity contribution < 1.29 is 19.1 Å². The molecule has 4 rings (SSSR count). The first-order valence-corrected chi connectivity index (χ1v) is 12.6. The van der Waals surface area contributed by atoms with Crippen LogP contribution in [0.1, 0.15) is 22.7 Å². The summed E-state index contributed by atoms with van der Waals surface area (Å²) >= 11 is 0. The summed E-state index contributed by atoms with van der Waals surface area (Å²) in [6.07, 6.45) is 0.654. The van der Waals surface area contributed by atoms with Crippen LogP contribution in [0, 0.1) is 0 Å². The summed E-state index contributed by atoms with van der Waals surface area (Å²) in [7, 11) is 1.63. The lowest BCUT2D eigenvalue weighted by Gasteiger charge is -2.31. The Labute approximate surface area is 223 Å². The third-order valence-corrected chi connectivity index (χ3v) is 6.17. The molecule has 0 bridgehead atoms. The summed E-state index contributed by atoms with van der Waals surface area (Å²) in [5.74, 6) is 0.862. The van der Waals surface area contributed by atoms with Crippen molar-refractivity contribution in [1.29, 1.82) is 0 Å². The number of hydrogen-bond donors (Lipinski definition) is 1. The number of amides is 2. The lowest BCUT2D eigenvalue weighted by atomic mass is 10.0. The first-order chi connectivity index (χ1) is 18.6. The number of ether oxygens (including phenoxy) is 2. The van der Waals surface area contributed by atoms with Crippen LogP contribution < -0.4 is 14.8 Å². The number of methoxy groups -OCH3 is 1. The minimum Gasteiger partial charge on any atom is -0.497 e. The summed E-state index contributed by atoms with van der Waals surface area (Å²) in [6, 6.07) is 35.2. The number of carbonyl (C=O) groups is 2. The Hall–Kier alpha value is -4.58. The van der Waals surface area contributed by atoms with E-state index in [0.29, 0.717) is 18.7 Å². The molecule has 0 saturated heterocycles. The Kier molecular flexibility index (Phi) is 9.51. The van der Waals surface area contributed by atoms with Gasteiger partial charge in [0.15, 0.2) is 6.61 Å². The highest BCUT2D eigenvalue weighted by molar-refractivity contribution is 5.89. The Morgan fingerprint density at radius 1 is 0.737 bits per heavy atom. The molecular weight excluding hydrogens is 476 g/mol. The highest BCUT2D eigenvalue weighted by Gasteiger charge is 2.31. The number of benzene rings is 4. The molecule has 6 heteroatoms. The van der Waals surface area contributed by atoms with Crippen molar-refractivity contribution in [3.05, 3.63) is 132 Å². The standard InChI is InChI=1S/C32H32N2O4/c1-37-28-19-17-25(18-20-28)21-22-33-32(36)31(27-13-7-3-8-14-27)34(23-26-11-5-2-6-12-26)30(35)24-38-29-15-9-4-10-16-29/h2-20,31H,21-24H2,1H3,(H,33,36). The van der Waals surface area contributed by atoms with Gasteiger partial charge in [-0.15, -0.1) is 0 Å². The average Bonchev–Trinajstić information content (AvgIpc) is 2.97. The summed E-state index contributed by atoms with van der Waals surface area (Å²) in [6.45, 7) is 0.519. The summed E-state index contributed by atoms with van der Waals surface area (Å²) in [4.78, 5) is 28.9. The fraction of sp³-hybridized carbons (Fsp3) is 0.188. The summed E-state index contributed by atoms with van der Waals surface area (Å²) in [5, 5.41) is 3.05. The van der Waals surface area contributed by atoms with Crippen LogP contribution in [0.25, 0.3) is 0 Å². The predicted octanol–water partition coefficient (Wildman–Crippen LogP) is 5.20. The lowest BCUT2D eigenvalue weighted by Crippen LogP contribution is -2.45. The number of nitrogens with zero attached hydrogens (tertiary/aromatic N) is 1. The van der Waals surface area contributed by atoms with Crippen molar-refractivity contribution in [1.82, 2.24) is 10.2 Å². The molecule has 6 nitrogen and oxygen atoms in total. The number of carbonyl (C=O) groups excluding carboxylic acids is 2. The van der Waals surface area contributed by atoms with Crippen LogP contribution in [-0.2, 0) is 22.6 Å². The molecule has 0 radical (unpaired) electrons. The topological polar surface area (TPSA) is 67.9 Å². The van der Waals surface area contributed by atoms with E-state index in [9.17, 15) is 9.59 Å². The van der Waals surface area contributed by atoms with Crippen LogP contribution in [0.15, 0.2) is 115 Å². The number of rotatable bonds is 12. The molecule has 1 atom stereocenters. The minimum atomic E-state index is -0.820. The van der Waals surface area contributed by atoms with Gasteiger partial charge >= 0.3 is 0 Å². The van der Waals surface area contributed by atoms with E-state index in [1.165, 1.54) is 0 Å². The highest BCUT2D eigenvalue weighted by atomic mass is 16.5. The molecule has 4 aromatic carbocycles. The van der Waals surface area contributed by atoms with Gasteiger partial charge in [-0.05, 0) is 47.4 Å². The molecule has 0 aliphatic carbocycles. The molecule has 2 amide bonds. The number of nitrogens with one attached hydrogen (secondary N) is 1. The van der Waals surface area contributed by atoms with Gasteiger partial charge in [0.05, 0.1) is 7.11 Å². The van der Waals surface area contributed by atoms with Gasteiger partial charge in [0, 0.05) is 13.1 Å². The second kappa shape index (κ2) is 13.7. The SMILES string of the molecule is COc1ccc(CCNC(=O)C(c2ccccc2)N(Cc2ccccc2)C(=O)COc2ccccc2)cc1. The van der Waals surface area contributed by atoms with E-state index in [2.05, 4.69) is 5.32 Å². The molecule has 38 heavy (non-hydrogen) atoms. The molecule has 0 aliphatic heterocycles. The molecule has 4 aromatic rings. The van der Waals surface area contributed by atoms with Crippen molar-refractivity contribution in [3.8, 4) is 11.5 Å². The van der Waals surface area contributed by atoms with Crippen LogP contribution in [0.3, 0.4) is 0 Å². The van der Waals surface area contributed by atoms with E-state index < -0.39 is 6.04 Å². The number of para-hydroxylation sites is 1. The van der Waals surface area contributed by atoms with Gasteiger partial charge in [0.1, 0.15) is 17.5 Å². The average molecular weight is 509 g/mol. The third kappa shape index (κ3) is 7.46. The van der Waals surface area contributed by atoms with E-state index in [1.807, 2.05) is 103 Å². The van der Waals surface area contributed by atoms with Crippen LogP contribution >= 0.6 is 0 Å². The third-order valence-electron chi connectivity index (χ3n) is 6.17. The fourth-order valence-corrected chi connectivity index (χ4v) is 4.18. The maximum absolute atomic E-state index is 13.7. The Morgan fingerprint density at radius 2 is 1.34 bits per heavy atom. The molecule has 0 aromatic heterocycles. The Morgan fingerprint density at radius 3 is 1.97 bits per heavy atom. The molecule has 0 aliphatic rings. The van der Waals surface area contributed by atoms with Gasteiger partial charge in [-0.2, -0.15) is 0 Å². The summed E-state index contributed by atoms with van der Waals surface area (Å²) in [5.41, 5.74) is 2.74. The van der Waals surface area contributed by atoms with Crippen molar-refractivity contribution in [2.45, 2.75) is 19.0 Å². The molecule has 0 heterocycles. The van der Waals surface area contributed by atoms with E-state index in [0.717, 1.165) is 22.4 Å². The smallest absolute Gasteiger partial charge is 0.261 e. The van der Waals surface area contributed by atoms with E-state index in [1.54, 1.807) is 24.1 Å². The minimum absolute atomic E-state index is 0.181. The molecule has 1 N–H and O–H groups in total. The van der Waals surface area contributed by atoms with E-state index in [-0.39, 0.29) is 25.0 Å². The van der Waals surface area contributed by atoms with Crippen LogP contribution in [0.5, 0.6) is 11.5 Å². The molecule has 194 valence electrons. The zero-order valence-corrected chi connectivity index (χ0v) is 21.5. The van der Waals surface area contributed by atoms with Crippen LogP contribution in [-0.4, -0.2) is 37.0 Å². The molecule has 1 unspecified atom stereocenters. The fourth-order valence-electron chi connectivity index (χ4n) is 4.18. The van der Waals surface area contributed by atoms with Gasteiger partial charge in [-0.25, -0.2) is 0 Å². The van der Waals surface area contributed by atoms with Gasteiger partial charge in [0.2, 0.25) is 5.91 Å². The monoisotopic (exact) mass is 508 g/mol. The van der Waals surface area contributed by atoms with Gasteiger partial charge < -0.3 is 19.7 Å². The Balaban J connectivity index is 1.54. The van der Waals surface area contributed by atoms with Crippen molar-refractivity contribution in [3.63, 3.8) is 0 Å². The first kappa shape index (κ1) is 26.5. The zero-order valence-electron chi connectivity index (χ0n) is 21.5.